The molecule has 3 rings (SSSR count). The van der Waals surface area contributed by atoms with E-state index in [1.807, 2.05) is 23.9 Å². The van der Waals surface area contributed by atoms with Crippen molar-refractivity contribution in [1.29, 1.82) is 0 Å². The third-order valence-corrected chi connectivity index (χ3v) is 5.49. The Labute approximate surface area is 142 Å². The van der Waals surface area contributed by atoms with E-state index in [2.05, 4.69) is 42.3 Å². The molecule has 0 aliphatic carbocycles. The van der Waals surface area contributed by atoms with Crippen molar-refractivity contribution in [2.45, 2.75) is 22.5 Å². The molecule has 4 heteroatoms. The van der Waals surface area contributed by atoms with E-state index in [1.54, 1.807) is 12.1 Å². The second kappa shape index (κ2) is 8.00. The summed E-state index contributed by atoms with van der Waals surface area (Å²) in [6.07, 6.45) is 1.16. The quantitative estimate of drug-likeness (QED) is 0.789. The monoisotopic (exact) mass is 337 g/mol. The molecule has 1 fully saturated rings. The van der Waals surface area contributed by atoms with E-state index >= 15 is 0 Å². The molecule has 22 heavy (non-hydrogen) atoms. The standard InChI is InChI=1S/C18H20FNS.ClH/c1-20-12-11-18(21-16-9-7-15(19)8-10-16)17(13-20)14-5-3-2-4-6-14;/h2-10,17-18H,11-13H2,1H3;1H/t17-,18+;/m0./s1. The van der Waals surface area contributed by atoms with Crippen molar-refractivity contribution < 1.29 is 4.39 Å². The third kappa shape index (κ3) is 4.25. The number of rotatable bonds is 3. The van der Waals surface area contributed by atoms with Crippen LogP contribution in [0.25, 0.3) is 0 Å². The summed E-state index contributed by atoms with van der Waals surface area (Å²) in [6.45, 7) is 2.21. The Morgan fingerprint density at radius 1 is 1.05 bits per heavy atom. The fourth-order valence-corrected chi connectivity index (χ4v) is 4.22. The van der Waals surface area contributed by atoms with Gasteiger partial charge in [-0.3, -0.25) is 0 Å². The molecule has 1 aliphatic rings. The van der Waals surface area contributed by atoms with E-state index in [1.165, 1.54) is 5.56 Å². The predicted octanol–water partition coefficient (Wildman–Crippen LogP) is 4.83. The van der Waals surface area contributed by atoms with Crippen molar-refractivity contribution in [3.63, 3.8) is 0 Å². The fourth-order valence-electron chi connectivity index (χ4n) is 2.94. The van der Waals surface area contributed by atoms with E-state index in [9.17, 15) is 4.39 Å². The minimum absolute atomic E-state index is 0. The normalized spacial score (nSPS) is 22.1. The number of likely N-dealkylation sites (N-methyl/N-ethyl adjacent to an activating group) is 1. The van der Waals surface area contributed by atoms with Gasteiger partial charge in [-0.2, -0.15) is 0 Å². The first-order chi connectivity index (χ1) is 10.2. The van der Waals surface area contributed by atoms with E-state index < -0.39 is 0 Å². The molecular weight excluding hydrogens is 317 g/mol. The van der Waals surface area contributed by atoms with Gasteiger partial charge in [0.25, 0.3) is 0 Å². The number of benzene rings is 2. The van der Waals surface area contributed by atoms with Crippen molar-refractivity contribution in [3.8, 4) is 0 Å². The van der Waals surface area contributed by atoms with Gasteiger partial charge in [-0.1, -0.05) is 30.3 Å². The summed E-state index contributed by atoms with van der Waals surface area (Å²) in [5, 5.41) is 0.550. The van der Waals surface area contributed by atoms with Gasteiger partial charge >= 0.3 is 0 Å². The zero-order chi connectivity index (χ0) is 14.7. The first kappa shape index (κ1) is 17.3. The molecular formula is C18H21ClFNS. The maximum Gasteiger partial charge on any atom is 0.123 e. The van der Waals surface area contributed by atoms with Crippen LogP contribution in [0.5, 0.6) is 0 Å². The SMILES string of the molecule is CN1CC[C@@H](Sc2ccc(F)cc2)[C@H](c2ccccc2)C1.Cl. The molecule has 0 radical (unpaired) electrons. The summed E-state index contributed by atoms with van der Waals surface area (Å²) in [5.74, 6) is 0.363. The van der Waals surface area contributed by atoms with Gasteiger partial charge in [-0.05, 0) is 49.8 Å². The van der Waals surface area contributed by atoms with Gasteiger partial charge in [0.05, 0.1) is 0 Å². The van der Waals surface area contributed by atoms with E-state index in [0.29, 0.717) is 11.2 Å². The summed E-state index contributed by atoms with van der Waals surface area (Å²) in [4.78, 5) is 3.56. The number of piperidine rings is 1. The van der Waals surface area contributed by atoms with Crippen LogP contribution in [0.2, 0.25) is 0 Å². The Morgan fingerprint density at radius 2 is 1.73 bits per heavy atom. The highest BCUT2D eigenvalue weighted by molar-refractivity contribution is 8.00. The van der Waals surface area contributed by atoms with Crippen LogP contribution in [0.4, 0.5) is 4.39 Å². The van der Waals surface area contributed by atoms with Crippen molar-refractivity contribution >= 4 is 24.2 Å². The Balaban J connectivity index is 0.00000176. The fraction of sp³-hybridized carbons (Fsp3) is 0.333. The van der Waals surface area contributed by atoms with Gasteiger partial charge in [0.15, 0.2) is 0 Å². The second-order valence-corrected chi connectivity index (χ2v) is 6.99. The number of halogens is 2. The Kier molecular flexibility index (Phi) is 6.30. The second-order valence-electron chi connectivity index (χ2n) is 5.68. The average molecular weight is 338 g/mol. The minimum Gasteiger partial charge on any atom is -0.306 e. The lowest BCUT2D eigenvalue weighted by atomic mass is 9.90. The van der Waals surface area contributed by atoms with Crippen LogP contribution >= 0.6 is 24.2 Å². The molecule has 0 amide bonds. The summed E-state index contributed by atoms with van der Waals surface area (Å²) in [5.41, 5.74) is 1.41. The molecule has 1 saturated heterocycles. The van der Waals surface area contributed by atoms with Crippen molar-refractivity contribution in [3.05, 3.63) is 66.0 Å². The summed E-state index contributed by atoms with van der Waals surface area (Å²) < 4.78 is 13.0. The highest BCUT2D eigenvalue weighted by Gasteiger charge is 2.29. The number of likely N-dealkylation sites (tertiary alicyclic amines) is 1. The van der Waals surface area contributed by atoms with Crippen LogP contribution in [0, 0.1) is 5.82 Å². The number of thioether (sulfide) groups is 1. The van der Waals surface area contributed by atoms with Gasteiger partial charge in [0.1, 0.15) is 5.82 Å². The average Bonchev–Trinajstić information content (AvgIpc) is 2.52. The van der Waals surface area contributed by atoms with E-state index in [4.69, 9.17) is 0 Å². The largest absolute Gasteiger partial charge is 0.306 e. The van der Waals surface area contributed by atoms with Crippen molar-refractivity contribution in [2.75, 3.05) is 20.1 Å². The molecule has 1 aliphatic heterocycles. The molecule has 1 heterocycles. The molecule has 2 atom stereocenters. The molecule has 0 N–H and O–H groups in total. The highest BCUT2D eigenvalue weighted by atomic mass is 35.5. The zero-order valence-corrected chi connectivity index (χ0v) is 14.2. The minimum atomic E-state index is -0.165. The Bertz CT molecular complexity index is 575. The first-order valence-electron chi connectivity index (χ1n) is 7.38. The Hall–Kier alpha value is -1.03. The van der Waals surface area contributed by atoms with E-state index in [-0.39, 0.29) is 18.2 Å². The number of hydrogen-bond donors (Lipinski definition) is 0. The van der Waals surface area contributed by atoms with Crippen molar-refractivity contribution in [2.24, 2.45) is 0 Å². The smallest absolute Gasteiger partial charge is 0.123 e. The van der Waals surface area contributed by atoms with Crippen LogP contribution in [-0.2, 0) is 0 Å². The van der Waals surface area contributed by atoms with Crippen molar-refractivity contribution in [1.82, 2.24) is 4.90 Å². The van der Waals surface area contributed by atoms with Crippen LogP contribution in [-0.4, -0.2) is 30.3 Å². The Morgan fingerprint density at radius 3 is 2.41 bits per heavy atom. The van der Waals surface area contributed by atoms with E-state index in [0.717, 1.165) is 24.4 Å². The molecule has 2 aromatic carbocycles. The molecule has 1 nitrogen and oxygen atoms in total. The number of hydrogen-bond acceptors (Lipinski definition) is 2. The number of nitrogens with zero attached hydrogens (tertiary/aromatic N) is 1. The molecule has 2 aromatic rings. The predicted molar refractivity (Wildman–Crippen MR) is 94.6 cm³/mol. The topological polar surface area (TPSA) is 3.24 Å². The van der Waals surface area contributed by atoms with Gasteiger partial charge in [-0.15, -0.1) is 24.2 Å². The third-order valence-electron chi connectivity index (χ3n) is 4.08. The van der Waals surface area contributed by atoms with Crippen LogP contribution in [0.15, 0.2) is 59.5 Å². The molecule has 118 valence electrons. The summed E-state index contributed by atoms with van der Waals surface area (Å²) in [6, 6.07) is 17.6. The zero-order valence-electron chi connectivity index (χ0n) is 12.6. The molecule has 0 spiro atoms. The lowest BCUT2D eigenvalue weighted by molar-refractivity contribution is 0.256. The maximum absolute atomic E-state index is 13.0. The lowest BCUT2D eigenvalue weighted by Gasteiger charge is -2.36. The molecule has 0 bridgehead atoms. The van der Waals surface area contributed by atoms with Crippen LogP contribution < -0.4 is 0 Å². The maximum atomic E-state index is 13.0. The van der Waals surface area contributed by atoms with Gasteiger partial charge in [-0.25, -0.2) is 4.39 Å². The summed E-state index contributed by atoms with van der Waals surface area (Å²) in [7, 11) is 2.19. The summed E-state index contributed by atoms with van der Waals surface area (Å²) >= 11 is 1.88. The van der Waals surface area contributed by atoms with Crippen LogP contribution in [0.1, 0.15) is 17.9 Å². The highest BCUT2D eigenvalue weighted by Crippen LogP contribution is 2.38. The van der Waals surface area contributed by atoms with Gasteiger partial charge < -0.3 is 4.90 Å². The first-order valence-corrected chi connectivity index (χ1v) is 8.26. The molecule has 0 aromatic heterocycles. The van der Waals surface area contributed by atoms with Crippen LogP contribution in [0.3, 0.4) is 0 Å². The lowest BCUT2D eigenvalue weighted by Crippen LogP contribution is -2.38. The molecule has 0 unspecified atom stereocenters. The van der Waals surface area contributed by atoms with Gasteiger partial charge in [0.2, 0.25) is 0 Å². The molecule has 0 saturated carbocycles. The van der Waals surface area contributed by atoms with Gasteiger partial charge in [0, 0.05) is 22.6 Å².